The van der Waals surface area contributed by atoms with Crippen LogP contribution in [0.25, 0.3) is 0 Å². The van der Waals surface area contributed by atoms with Gasteiger partial charge in [0, 0.05) is 37.0 Å². The van der Waals surface area contributed by atoms with Crippen LogP contribution in [0.15, 0.2) is 6.20 Å². The number of fused-ring (bicyclic) bond motifs is 1. The molecule has 0 radical (unpaired) electrons. The van der Waals surface area contributed by atoms with Gasteiger partial charge in [0.05, 0.1) is 0 Å². The second kappa shape index (κ2) is 2.51. The number of hydrogen-bond acceptors (Lipinski definition) is 2. The van der Waals surface area contributed by atoms with Crippen molar-refractivity contribution in [3.05, 3.63) is 23.0 Å². The van der Waals surface area contributed by atoms with E-state index < -0.39 is 0 Å². The molecule has 1 aromatic heterocycles. The molecular weight excluding hydrogens is 140 g/mol. The van der Waals surface area contributed by atoms with Crippen LogP contribution in [-0.2, 0) is 13.0 Å². The molecule has 2 rings (SSSR count). The van der Waals surface area contributed by atoms with E-state index in [1.54, 1.807) is 6.20 Å². The SMILES string of the molecule is O=Cc1c[nH]c2c1CNCC2. The van der Waals surface area contributed by atoms with Crippen molar-refractivity contribution in [1.82, 2.24) is 10.3 Å². The van der Waals surface area contributed by atoms with E-state index in [0.717, 1.165) is 36.9 Å². The third-order valence-corrected chi connectivity index (χ3v) is 2.10. The monoisotopic (exact) mass is 150 g/mol. The number of rotatable bonds is 1. The van der Waals surface area contributed by atoms with Crippen molar-refractivity contribution in [1.29, 1.82) is 0 Å². The topological polar surface area (TPSA) is 44.9 Å². The molecule has 0 aromatic carbocycles. The normalized spacial score (nSPS) is 16.0. The lowest BCUT2D eigenvalue weighted by Gasteiger charge is -2.12. The Morgan fingerprint density at radius 1 is 1.55 bits per heavy atom. The van der Waals surface area contributed by atoms with E-state index in [1.807, 2.05) is 0 Å². The lowest BCUT2D eigenvalue weighted by Crippen LogP contribution is -2.23. The average molecular weight is 150 g/mol. The van der Waals surface area contributed by atoms with Crippen molar-refractivity contribution in [2.75, 3.05) is 6.54 Å². The maximum absolute atomic E-state index is 10.5. The molecule has 0 aliphatic carbocycles. The van der Waals surface area contributed by atoms with E-state index in [9.17, 15) is 4.79 Å². The van der Waals surface area contributed by atoms with Crippen molar-refractivity contribution in [2.45, 2.75) is 13.0 Å². The number of carbonyl (C=O) groups is 1. The zero-order valence-electron chi connectivity index (χ0n) is 6.18. The van der Waals surface area contributed by atoms with Crippen LogP contribution in [0.2, 0.25) is 0 Å². The molecule has 0 bridgehead atoms. The zero-order valence-corrected chi connectivity index (χ0v) is 6.18. The van der Waals surface area contributed by atoms with Gasteiger partial charge in [-0.15, -0.1) is 0 Å². The Hall–Kier alpha value is -1.09. The number of H-pyrrole nitrogens is 1. The predicted octanol–water partition coefficient (Wildman–Crippen LogP) is 0.473. The number of hydrogen-bond donors (Lipinski definition) is 2. The fourth-order valence-corrected chi connectivity index (χ4v) is 1.48. The molecule has 0 unspecified atom stereocenters. The Labute approximate surface area is 64.8 Å². The molecule has 0 spiro atoms. The molecule has 2 N–H and O–H groups in total. The fourth-order valence-electron chi connectivity index (χ4n) is 1.48. The van der Waals surface area contributed by atoms with E-state index in [-0.39, 0.29) is 0 Å². The Bertz CT molecular complexity index is 278. The molecule has 0 saturated carbocycles. The number of carbonyl (C=O) groups excluding carboxylic acids is 1. The van der Waals surface area contributed by atoms with Gasteiger partial charge in [0.15, 0.2) is 6.29 Å². The third kappa shape index (κ3) is 0.973. The molecular formula is C8H10N2O. The van der Waals surface area contributed by atoms with Crippen LogP contribution in [0.1, 0.15) is 21.6 Å². The van der Waals surface area contributed by atoms with E-state index >= 15 is 0 Å². The van der Waals surface area contributed by atoms with Crippen molar-refractivity contribution < 1.29 is 4.79 Å². The molecule has 3 nitrogen and oxygen atoms in total. The van der Waals surface area contributed by atoms with Crippen LogP contribution in [-0.4, -0.2) is 17.8 Å². The Balaban J connectivity index is 2.45. The summed E-state index contributed by atoms with van der Waals surface area (Å²) in [4.78, 5) is 13.6. The van der Waals surface area contributed by atoms with Gasteiger partial charge in [0.25, 0.3) is 0 Å². The van der Waals surface area contributed by atoms with Gasteiger partial charge in [-0.2, -0.15) is 0 Å². The van der Waals surface area contributed by atoms with Gasteiger partial charge in [0.2, 0.25) is 0 Å². The number of aromatic amines is 1. The molecule has 58 valence electrons. The summed E-state index contributed by atoms with van der Waals surface area (Å²) in [7, 11) is 0. The van der Waals surface area contributed by atoms with Gasteiger partial charge in [-0.25, -0.2) is 0 Å². The molecule has 0 atom stereocenters. The molecule has 1 aliphatic heterocycles. The average Bonchev–Trinajstić information content (AvgIpc) is 2.47. The van der Waals surface area contributed by atoms with E-state index in [0.29, 0.717) is 0 Å². The summed E-state index contributed by atoms with van der Waals surface area (Å²) in [6.45, 7) is 1.83. The maximum atomic E-state index is 10.5. The van der Waals surface area contributed by atoms with Crippen LogP contribution >= 0.6 is 0 Å². The van der Waals surface area contributed by atoms with Crippen molar-refractivity contribution >= 4 is 6.29 Å². The quantitative estimate of drug-likeness (QED) is 0.572. The summed E-state index contributed by atoms with van der Waals surface area (Å²) in [5.74, 6) is 0. The Kier molecular flexibility index (Phi) is 1.51. The molecule has 0 amide bonds. The minimum Gasteiger partial charge on any atom is -0.364 e. The highest BCUT2D eigenvalue weighted by Crippen LogP contribution is 2.15. The summed E-state index contributed by atoms with van der Waals surface area (Å²) < 4.78 is 0. The zero-order chi connectivity index (χ0) is 7.68. The molecule has 1 aliphatic rings. The van der Waals surface area contributed by atoms with Gasteiger partial charge in [-0.3, -0.25) is 4.79 Å². The van der Waals surface area contributed by atoms with Crippen molar-refractivity contribution in [3.8, 4) is 0 Å². The number of aromatic nitrogens is 1. The van der Waals surface area contributed by atoms with Gasteiger partial charge < -0.3 is 10.3 Å². The highest BCUT2D eigenvalue weighted by molar-refractivity contribution is 5.77. The first kappa shape index (κ1) is 6.61. The van der Waals surface area contributed by atoms with Crippen LogP contribution in [0.5, 0.6) is 0 Å². The van der Waals surface area contributed by atoms with Crippen LogP contribution in [0.4, 0.5) is 0 Å². The first-order valence-corrected chi connectivity index (χ1v) is 3.77. The van der Waals surface area contributed by atoms with E-state index in [2.05, 4.69) is 10.3 Å². The minimum absolute atomic E-state index is 0.798. The van der Waals surface area contributed by atoms with Gasteiger partial charge in [-0.05, 0) is 5.56 Å². The molecule has 11 heavy (non-hydrogen) atoms. The molecule has 1 aromatic rings. The highest BCUT2D eigenvalue weighted by Gasteiger charge is 2.13. The first-order valence-electron chi connectivity index (χ1n) is 3.77. The molecule has 0 saturated heterocycles. The second-order valence-electron chi connectivity index (χ2n) is 2.75. The van der Waals surface area contributed by atoms with Gasteiger partial charge in [0.1, 0.15) is 0 Å². The first-order chi connectivity index (χ1) is 5.42. The maximum Gasteiger partial charge on any atom is 0.151 e. The summed E-state index contributed by atoms with van der Waals surface area (Å²) in [6, 6.07) is 0. The second-order valence-corrected chi connectivity index (χ2v) is 2.75. The summed E-state index contributed by atoms with van der Waals surface area (Å²) in [6.07, 6.45) is 3.69. The standard InChI is InChI=1S/C8H10N2O/c11-5-6-3-10-8-1-2-9-4-7(6)8/h3,5,9-10H,1-2,4H2. The van der Waals surface area contributed by atoms with Gasteiger partial charge >= 0.3 is 0 Å². The molecule has 2 heterocycles. The van der Waals surface area contributed by atoms with Crippen molar-refractivity contribution in [2.24, 2.45) is 0 Å². The van der Waals surface area contributed by atoms with Crippen molar-refractivity contribution in [3.63, 3.8) is 0 Å². The summed E-state index contributed by atoms with van der Waals surface area (Å²) >= 11 is 0. The largest absolute Gasteiger partial charge is 0.364 e. The van der Waals surface area contributed by atoms with E-state index in [1.165, 1.54) is 5.69 Å². The van der Waals surface area contributed by atoms with E-state index in [4.69, 9.17) is 0 Å². The Morgan fingerprint density at radius 2 is 2.45 bits per heavy atom. The molecule has 0 fully saturated rings. The summed E-state index contributed by atoms with van der Waals surface area (Å²) in [5, 5.41) is 3.22. The minimum atomic E-state index is 0.798. The number of aldehydes is 1. The smallest absolute Gasteiger partial charge is 0.151 e. The fraction of sp³-hybridized carbons (Fsp3) is 0.375. The highest BCUT2D eigenvalue weighted by atomic mass is 16.1. The van der Waals surface area contributed by atoms with Crippen LogP contribution in [0, 0.1) is 0 Å². The predicted molar refractivity (Wildman–Crippen MR) is 41.6 cm³/mol. The third-order valence-electron chi connectivity index (χ3n) is 2.10. The summed E-state index contributed by atoms with van der Waals surface area (Å²) in [5.41, 5.74) is 3.16. The van der Waals surface area contributed by atoms with Gasteiger partial charge in [-0.1, -0.05) is 0 Å². The number of nitrogens with one attached hydrogen (secondary N) is 2. The lowest BCUT2D eigenvalue weighted by molar-refractivity contribution is 0.112. The van der Waals surface area contributed by atoms with Crippen LogP contribution < -0.4 is 5.32 Å². The lowest BCUT2D eigenvalue weighted by atomic mass is 10.1. The molecule has 3 heteroatoms. The Morgan fingerprint density at radius 3 is 3.27 bits per heavy atom. The van der Waals surface area contributed by atoms with Crippen LogP contribution in [0.3, 0.4) is 0 Å².